The average Bonchev–Trinajstić information content (AvgIpc) is 2.59. The fourth-order valence-corrected chi connectivity index (χ4v) is 2.98. The summed E-state index contributed by atoms with van der Waals surface area (Å²) in [7, 11) is 0. The number of benzene rings is 3. The van der Waals surface area contributed by atoms with E-state index in [1.807, 2.05) is 18.2 Å². The van der Waals surface area contributed by atoms with Gasteiger partial charge in [0.15, 0.2) is 5.78 Å². The molecule has 0 amide bonds. The molecule has 3 aromatic rings. The first-order chi connectivity index (χ1) is 11.9. The molecule has 0 bridgehead atoms. The van der Waals surface area contributed by atoms with E-state index in [4.69, 9.17) is 0 Å². The van der Waals surface area contributed by atoms with Crippen LogP contribution < -0.4 is 0 Å². The van der Waals surface area contributed by atoms with Crippen molar-refractivity contribution in [3.05, 3.63) is 82.4 Å². The number of ketones is 1. The predicted molar refractivity (Wildman–Crippen MR) is 92.5 cm³/mol. The van der Waals surface area contributed by atoms with Crippen molar-refractivity contribution in [2.45, 2.75) is 6.92 Å². The highest BCUT2D eigenvalue weighted by molar-refractivity contribution is 6.20. The van der Waals surface area contributed by atoms with Gasteiger partial charge in [-0.1, -0.05) is 42.5 Å². The minimum absolute atomic E-state index is 0.0219. The fourth-order valence-electron chi connectivity index (χ4n) is 2.98. The summed E-state index contributed by atoms with van der Waals surface area (Å²) in [6, 6.07) is 15.1. The van der Waals surface area contributed by atoms with E-state index < -0.39 is 17.7 Å². The van der Waals surface area contributed by atoms with Crippen molar-refractivity contribution in [3.8, 4) is 0 Å². The second kappa shape index (κ2) is 6.20. The Kier molecular flexibility index (Phi) is 4.07. The molecule has 3 rings (SSSR count). The number of carbonyl (C=O) groups excluding carboxylic acids is 1. The molecule has 5 nitrogen and oxygen atoms in total. The molecule has 0 aliphatic carbocycles. The van der Waals surface area contributed by atoms with Crippen LogP contribution in [-0.4, -0.2) is 27.9 Å². The van der Waals surface area contributed by atoms with Gasteiger partial charge >= 0.3 is 11.9 Å². The minimum atomic E-state index is -1.33. The van der Waals surface area contributed by atoms with E-state index in [2.05, 4.69) is 0 Å². The summed E-state index contributed by atoms with van der Waals surface area (Å²) in [5.74, 6) is -3.01. The van der Waals surface area contributed by atoms with Crippen LogP contribution in [0.3, 0.4) is 0 Å². The van der Waals surface area contributed by atoms with Crippen LogP contribution in [0, 0.1) is 6.92 Å². The van der Waals surface area contributed by atoms with Crippen LogP contribution in [-0.2, 0) is 0 Å². The molecule has 0 unspecified atom stereocenters. The van der Waals surface area contributed by atoms with E-state index >= 15 is 0 Å². The zero-order chi connectivity index (χ0) is 18.1. The predicted octanol–water partition coefficient (Wildman–Crippen LogP) is 3.78. The molecule has 5 heteroatoms. The standard InChI is InChI=1S/C20H14O5/c1-11-13(19(22)23)9-10-16(17(11)20(24)25)18(21)15-8-4-6-12-5-2-3-7-14(12)15/h2-10H,1H3,(H,22,23)(H,24,25). The van der Waals surface area contributed by atoms with Crippen molar-refractivity contribution < 1.29 is 24.6 Å². The van der Waals surface area contributed by atoms with Gasteiger partial charge in [0.1, 0.15) is 0 Å². The molecule has 0 saturated heterocycles. The van der Waals surface area contributed by atoms with E-state index in [0.717, 1.165) is 5.39 Å². The molecule has 0 atom stereocenters. The number of carboxylic acid groups (broad SMARTS) is 2. The lowest BCUT2D eigenvalue weighted by Gasteiger charge is -2.12. The highest BCUT2D eigenvalue weighted by Crippen LogP contribution is 2.26. The van der Waals surface area contributed by atoms with Crippen LogP contribution in [0.2, 0.25) is 0 Å². The summed E-state index contributed by atoms with van der Waals surface area (Å²) >= 11 is 0. The number of fused-ring (bicyclic) bond motifs is 1. The van der Waals surface area contributed by atoms with Gasteiger partial charge in [-0.15, -0.1) is 0 Å². The van der Waals surface area contributed by atoms with Gasteiger partial charge in [0.2, 0.25) is 0 Å². The second-order valence-electron chi connectivity index (χ2n) is 5.63. The van der Waals surface area contributed by atoms with Gasteiger partial charge in [-0.3, -0.25) is 4.79 Å². The molecule has 124 valence electrons. The zero-order valence-electron chi connectivity index (χ0n) is 13.3. The number of hydrogen-bond acceptors (Lipinski definition) is 3. The van der Waals surface area contributed by atoms with Crippen molar-refractivity contribution in [2.24, 2.45) is 0 Å². The zero-order valence-corrected chi connectivity index (χ0v) is 13.3. The summed E-state index contributed by atoms with van der Waals surface area (Å²) in [5.41, 5.74) is 0.00483. The molecule has 0 spiro atoms. The molecule has 0 radical (unpaired) electrons. The van der Waals surface area contributed by atoms with Gasteiger partial charge in [0.05, 0.1) is 11.1 Å². The fraction of sp³-hybridized carbons (Fsp3) is 0.0500. The molecule has 25 heavy (non-hydrogen) atoms. The maximum absolute atomic E-state index is 13.0. The molecule has 0 aromatic heterocycles. The van der Waals surface area contributed by atoms with Crippen molar-refractivity contribution >= 4 is 28.5 Å². The minimum Gasteiger partial charge on any atom is -0.478 e. The van der Waals surface area contributed by atoms with E-state index in [-0.39, 0.29) is 22.3 Å². The Morgan fingerprint density at radius 1 is 0.720 bits per heavy atom. The van der Waals surface area contributed by atoms with Crippen LogP contribution in [0.25, 0.3) is 10.8 Å². The Morgan fingerprint density at radius 3 is 2.04 bits per heavy atom. The van der Waals surface area contributed by atoms with Gasteiger partial charge in [0, 0.05) is 11.1 Å². The second-order valence-corrected chi connectivity index (χ2v) is 5.63. The van der Waals surface area contributed by atoms with Gasteiger partial charge in [-0.2, -0.15) is 0 Å². The van der Waals surface area contributed by atoms with Crippen LogP contribution >= 0.6 is 0 Å². The van der Waals surface area contributed by atoms with Gasteiger partial charge in [0.25, 0.3) is 0 Å². The third kappa shape index (κ3) is 2.76. The van der Waals surface area contributed by atoms with Gasteiger partial charge in [-0.25, -0.2) is 9.59 Å². The van der Waals surface area contributed by atoms with Crippen molar-refractivity contribution in [2.75, 3.05) is 0 Å². The molecule has 3 aromatic carbocycles. The lowest BCUT2D eigenvalue weighted by molar-refractivity contribution is 0.0691. The normalized spacial score (nSPS) is 10.6. The Labute approximate surface area is 143 Å². The topological polar surface area (TPSA) is 91.7 Å². The number of carboxylic acids is 2. The number of hydrogen-bond donors (Lipinski definition) is 2. The largest absolute Gasteiger partial charge is 0.478 e. The first-order valence-electron chi connectivity index (χ1n) is 7.54. The van der Waals surface area contributed by atoms with Gasteiger partial charge < -0.3 is 10.2 Å². The maximum atomic E-state index is 13.0. The third-order valence-electron chi connectivity index (χ3n) is 4.19. The third-order valence-corrected chi connectivity index (χ3v) is 4.19. The molecule has 2 N–H and O–H groups in total. The highest BCUT2D eigenvalue weighted by atomic mass is 16.4. The summed E-state index contributed by atoms with van der Waals surface area (Å²) in [6.45, 7) is 1.40. The molecule has 0 heterocycles. The Bertz CT molecular complexity index is 1030. The Morgan fingerprint density at radius 2 is 1.36 bits per heavy atom. The van der Waals surface area contributed by atoms with E-state index in [1.165, 1.54) is 19.1 Å². The lowest BCUT2D eigenvalue weighted by Crippen LogP contribution is -2.15. The molecule has 0 aliphatic rings. The smallest absolute Gasteiger partial charge is 0.336 e. The van der Waals surface area contributed by atoms with Crippen LogP contribution in [0.1, 0.15) is 42.2 Å². The van der Waals surface area contributed by atoms with E-state index in [1.54, 1.807) is 24.3 Å². The number of aromatic carboxylic acids is 2. The summed E-state index contributed by atoms with van der Waals surface area (Å²) in [6.07, 6.45) is 0. The first kappa shape index (κ1) is 16.4. The first-order valence-corrected chi connectivity index (χ1v) is 7.54. The molecule has 0 aliphatic heterocycles. The quantitative estimate of drug-likeness (QED) is 0.709. The number of rotatable bonds is 4. The summed E-state index contributed by atoms with van der Waals surface area (Å²) in [5, 5.41) is 20.3. The van der Waals surface area contributed by atoms with Crippen LogP contribution in [0.4, 0.5) is 0 Å². The molecular formula is C20H14O5. The molecular weight excluding hydrogens is 320 g/mol. The maximum Gasteiger partial charge on any atom is 0.336 e. The number of carbonyl (C=O) groups is 3. The van der Waals surface area contributed by atoms with Crippen molar-refractivity contribution in [1.29, 1.82) is 0 Å². The van der Waals surface area contributed by atoms with Crippen molar-refractivity contribution in [1.82, 2.24) is 0 Å². The summed E-state index contributed by atoms with van der Waals surface area (Å²) in [4.78, 5) is 35.9. The molecule has 0 fully saturated rings. The van der Waals surface area contributed by atoms with Crippen molar-refractivity contribution in [3.63, 3.8) is 0 Å². The molecule has 0 saturated carbocycles. The van der Waals surface area contributed by atoms with Gasteiger partial charge in [-0.05, 0) is 35.4 Å². The Hall–Kier alpha value is -3.47. The van der Waals surface area contributed by atoms with E-state index in [0.29, 0.717) is 10.9 Å². The van der Waals surface area contributed by atoms with E-state index in [9.17, 15) is 24.6 Å². The highest BCUT2D eigenvalue weighted by Gasteiger charge is 2.24. The SMILES string of the molecule is Cc1c(C(=O)O)ccc(C(=O)c2cccc3ccccc23)c1C(=O)O. The lowest BCUT2D eigenvalue weighted by atomic mass is 9.90. The monoisotopic (exact) mass is 334 g/mol. The van der Waals surface area contributed by atoms with Crippen LogP contribution in [0.15, 0.2) is 54.6 Å². The average molecular weight is 334 g/mol. The Balaban J connectivity index is 2.25. The van der Waals surface area contributed by atoms with Crippen LogP contribution in [0.5, 0.6) is 0 Å². The summed E-state index contributed by atoms with van der Waals surface area (Å²) < 4.78 is 0.